The van der Waals surface area contributed by atoms with Crippen LogP contribution in [-0.4, -0.2) is 33.0 Å². The molecule has 0 radical (unpaired) electrons. The van der Waals surface area contributed by atoms with Crippen LogP contribution in [0.2, 0.25) is 0 Å². The third kappa shape index (κ3) is 7.46. The highest BCUT2D eigenvalue weighted by molar-refractivity contribution is 7.90. The summed E-state index contributed by atoms with van der Waals surface area (Å²) in [6.07, 6.45) is 2.33. The van der Waals surface area contributed by atoms with Crippen molar-refractivity contribution in [1.29, 1.82) is 0 Å². The van der Waals surface area contributed by atoms with E-state index in [4.69, 9.17) is 10.5 Å². The molecule has 2 N–H and O–H groups in total. The molecule has 0 aliphatic heterocycles. The van der Waals surface area contributed by atoms with E-state index in [1.807, 2.05) is 18.2 Å². The molecule has 0 unspecified atom stereocenters. The van der Waals surface area contributed by atoms with E-state index >= 15 is 0 Å². The van der Waals surface area contributed by atoms with Crippen molar-refractivity contribution in [3.63, 3.8) is 0 Å². The van der Waals surface area contributed by atoms with E-state index in [1.165, 1.54) is 0 Å². The lowest BCUT2D eigenvalue weighted by Crippen LogP contribution is -2.11. The summed E-state index contributed by atoms with van der Waals surface area (Å²) in [6.45, 7) is 0.142. The Morgan fingerprint density at radius 2 is 2.11 bits per heavy atom. The number of nitrogens with two attached hydrogens (primary N) is 1. The second-order valence-electron chi connectivity index (χ2n) is 4.45. The zero-order valence-electron chi connectivity index (χ0n) is 11.0. The molecule has 0 saturated heterocycles. The number of hydrogen-bond donors (Lipinski definition) is 1. The van der Waals surface area contributed by atoms with E-state index in [9.17, 15) is 13.2 Å². The smallest absolute Gasteiger partial charge is 0.306 e. The van der Waals surface area contributed by atoms with Crippen LogP contribution in [0.15, 0.2) is 24.3 Å². The van der Waals surface area contributed by atoms with Crippen molar-refractivity contribution in [2.75, 3.05) is 24.3 Å². The van der Waals surface area contributed by atoms with Gasteiger partial charge in [0.05, 0.1) is 12.4 Å². The molecule has 1 aromatic rings. The largest absolute Gasteiger partial charge is 0.466 e. The van der Waals surface area contributed by atoms with Gasteiger partial charge in [-0.3, -0.25) is 4.79 Å². The minimum Gasteiger partial charge on any atom is -0.466 e. The van der Waals surface area contributed by atoms with Gasteiger partial charge in [-0.2, -0.15) is 0 Å². The van der Waals surface area contributed by atoms with Crippen LogP contribution in [-0.2, 0) is 25.8 Å². The summed E-state index contributed by atoms with van der Waals surface area (Å²) in [5, 5.41) is 0. The summed E-state index contributed by atoms with van der Waals surface area (Å²) in [6, 6.07) is 7.33. The molecule has 0 heterocycles. The molecule has 0 amide bonds. The molecule has 0 fully saturated rings. The van der Waals surface area contributed by atoms with Crippen molar-refractivity contribution in [2.24, 2.45) is 0 Å². The second kappa shape index (κ2) is 7.13. The topological polar surface area (TPSA) is 86.5 Å². The molecule has 0 bridgehead atoms. The van der Waals surface area contributed by atoms with Gasteiger partial charge in [-0.25, -0.2) is 8.42 Å². The molecule has 19 heavy (non-hydrogen) atoms. The highest BCUT2D eigenvalue weighted by Gasteiger charge is 2.06. The maximum absolute atomic E-state index is 11.4. The average Bonchev–Trinajstić information content (AvgIpc) is 2.31. The normalized spacial score (nSPS) is 11.2. The van der Waals surface area contributed by atoms with Crippen molar-refractivity contribution >= 4 is 21.5 Å². The van der Waals surface area contributed by atoms with Gasteiger partial charge in [-0.15, -0.1) is 0 Å². The number of esters is 1. The zero-order valence-corrected chi connectivity index (χ0v) is 11.8. The number of sulfone groups is 1. The Kier molecular flexibility index (Phi) is 5.82. The molecule has 0 aliphatic rings. The maximum atomic E-state index is 11.4. The first kappa shape index (κ1) is 15.5. The fraction of sp³-hybridized carbons (Fsp3) is 0.462. The van der Waals surface area contributed by atoms with Gasteiger partial charge in [0, 0.05) is 18.4 Å². The molecular weight excluding hydrogens is 266 g/mol. The molecule has 1 rings (SSSR count). The van der Waals surface area contributed by atoms with E-state index in [2.05, 4.69) is 0 Å². The summed E-state index contributed by atoms with van der Waals surface area (Å²) in [7, 11) is -2.99. The third-order valence-electron chi connectivity index (χ3n) is 2.49. The molecular formula is C13H19NO4S. The summed E-state index contributed by atoms with van der Waals surface area (Å²) in [5.74, 6) is -0.286. The third-order valence-corrected chi connectivity index (χ3v) is 3.52. The van der Waals surface area contributed by atoms with Gasteiger partial charge in [0.1, 0.15) is 9.84 Å². The summed E-state index contributed by atoms with van der Waals surface area (Å²) in [4.78, 5) is 11.4. The Bertz CT molecular complexity index is 525. The number of carbonyl (C=O) groups excluding carboxylic acids is 1. The van der Waals surface area contributed by atoms with Crippen LogP contribution in [0.1, 0.15) is 18.4 Å². The second-order valence-corrected chi connectivity index (χ2v) is 6.71. The maximum Gasteiger partial charge on any atom is 0.306 e. The molecule has 0 atom stereocenters. The van der Waals surface area contributed by atoms with Gasteiger partial charge in [0.25, 0.3) is 0 Å². The number of anilines is 1. The number of rotatable bonds is 7. The van der Waals surface area contributed by atoms with Crippen LogP contribution in [0.4, 0.5) is 5.69 Å². The summed E-state index contributed by atoms with van der Waals surface area (Å²) in [5.41, 5.74) is 7.28. The number of benzene rings is 1. The van der Waals surface area contributed by atoms with E-state index in [-0.39, 0.29) is 24.7 Å². The number of carbonyl (C=O) groups is 1. The van der Waals surface area contributed by atoms with E-state index in [0.29, 0.717) is 18.5 Å². The molecule has 0 aromatic heterocycles. The van der Waals surface area contributed by atoms with Gasteiger partial charge in [0.2, 0.25) is 0 Å². The first-order valence-corrected chi connectivity index (χ1v) is 8.10. The lowest BCUT2D eigenvalue weighted by atomic mass is 10.1. The van der Waals surface area contributed by atoms with Gasteiger partial charge in [-0.1, -0.05) is 12.1 Å². The van der Waals surface area contributed by atoms with Crippen molar-refractivity contribution in [3.8, 4) is 0 Å². The molecule has 6 heteroatoms. The Balaban J connectivity index is 2.21. The van der Waals surface area contributed by atoms with E-state index in [1.54, 1.807) is 6.07 Å². The summed E-state index contributed by atoms with van der Waals surface area (Å²) < 4.78 is 26.7. The van der Waals surface area contributed by atoms with Gasteiger partial charge < -0.3 is 10.5 Å². The van der Waals surface area contributed by atoms with Crippen LogP contribution in [0.3, 0.4) is 0 Å². The lowest BCUT2D eigenvalue weighted by molar-refractivity contribution is -0.143. The molecule has 0 aliphatic carbocycles. The van der Waals surface area contributed by atoms with Crippen molar-refractivity contribution in [1.82, 2.24) is 0 Å². The molecule has 0 spiro atoms. The standard InChI is InChI=1S/C13H19NO4S/c1-19(16,17)9-3-8-18-13(15)7-6-11-4-2-5-12(14)10-11/h2,4-5,10H,3,6-9,14H2,1H3. The van der Waals surface area contributed by atoms with Gasteiger partial charge in [0.15, 0.2) is 0 Å². The predicted octanol–water partition coefficient (Wildman–Crippen LogP) is 1.18. The number of ether oxygens (including phenoxy) is 1. The molecule has 106 valence electrons. The molecule has 5 nitrogen and oxygen atoms in total. The van der Waals surface area contributed by atoms with E-state index in [0.717, 1.165) is 11.8 Å². The highest BCUT2D eigenvalue weighted by Crippen LogP contribution is 2.09. The van der Waals surface area contributed by atoms with Crippen molar-refractivity contribution < 1.29 is 17.9 Å². The fourth-order valence-corrected chi connectivity index (χ4v) is 2.22. The molecule has 0 saturated carbocycles. The number of aryl methyl sites for hydroxylation is 1. The zero-order chi connectivity index (χ0) is 14.3. The average molecular weight is 285 g/mol. The first-order chi connectivity index (χ1) is 8.87. The summed E-state index contributed by atoms with van der Waals surface area (Å²) >= 11 is 0. The Morgan fingerprint density at radius 3 is 2.74 bits per heavy atom. The van der Waals surface area contributed by atoms with E-state index < -0.39 is 9.84 Å². The minimum absolute atomic E-state index is 0.0372. The van der Waals surface area contributed by atoms with Crippen LogP contribution < -0.4 is 5.73 Å². The number of nitrogen functional groups attached to an aromatic ring is 1. The Labute approximate surface area is 113 Å². The monoisotopic (exact) mass is 285 g/mol. The fourth-order valence-electron chi connectivity index (χ4n) is 1.57. The first-order valence-electron chi connectivity index (χ1n) is 6.04. The van der Waals surface area contributed by atoms with Gasteiger partial charge >= 0.3 is 5.97 Å². The minimum atomic E-state index is -2.99. The van der Waals surface area contributed by atoms with Crippen LogP contribution in [0.25, 0.3) is 0 Å². The Hall–Kier alpha value is -1.56. The van der Waals surface area contributed by atoms with Gasteiger partial charge in [-0.05, 0) is 30.5 Å². The lowest BCUT2D eigenvalue weighted by Gasteiger charge is -2.05. The van der Waals surface area contributed by atoms with Crippen molar-refractivity contribution in [2.45, 2.75) is 19.3 Å². The van der Waals surface area contributed by atoms with Crippen LogP contribution in [0.5, 0.6) is 0 Å². The van der Waals surface area contributed by atoms with Crippen LogP contribution >= 0.6 is 0 Å². The highest BCUT2D eigenvalue weighted by atomic mass is 32.2. The predicted molar refractivity (Wildman–Crippen MR) is 74.5 cm³/mol. The quantitative estimate of drug-likeness (QED) is 0.462. The SMILES string of the molecule is CS(=O)(=O)CCCOC(=O)CCc1cccc(N)c1. The molecule has 1 aromatic carbocycles. The van der Waals surface area contributed by atoms with Crippen molar-refractivity contribution in [3.05, 3.63) is 29.8 Å². The Morgan fingerprint density at radius 1 is 1.37 bits per heavy atom. The van der Waals surface area contributed by atoms with Crippen LogP contribution in [0, 0.1) is 0 Å². The number of hydrogen-bond acceptors (Lipinski definition) is 5.